The highest BCUT2D eigenvalue weighted by Gasteiger charge is 2.31. The van der Waals surface area contributed by atoms with Crippen LogP contribution < -0.4 is 5.73 Å². The second-order valence-electron chi connectivity index (χ2n) is 5.47. The Balaban J connectivity index is 4.64. The Morgan fingerprint density at radius 1 is 1.33 bits per heavy atom. The fraction of sp³-hybridized carbons (Fsp3) is 0.917. The minimum atomic E-state index is -0.411. The monoisotopic (exact) mass is 214 g/mol. The van der Waals surface area contributed by atoms with Gasteiger partial charge >= 0.3 is 0 Å². The summed E-state index contributed by atoms with van der Waals surface area (Å²) < 4.78 is 0. The standard InChI is InChI=1S/C12H26N2O/c1-7-8-14(9(2)3)11(15)10(13)12(4,5)6/h9-10H,7-8,13H2,1-6H3/t10-/m0/s1. The number of rotatable bonds is 4. The van der Waals surface area contributed by atoms with Gasteiger partial charge in [-0.15, -0.1) is 0 Å². The summed E-state index contributed by atoms with van der Waals surface area (Å²) in [5, 5.41) is 0. The second-order valence-corrected chi connectivity index (χ2v) is 5.47. The molecule has 0 radical (unpaired) electrons. The molecule has 1 atom stereocenters. The Morgan fingerprint density at radius 2 is 1.80 bits per heavy atom. The first-order valence-electron chi connectivity index (χ1n) is 5.77. The van der Waals surface area contributed by atoms with Crippen LogP contribution in [0.5, 0.6) is 0 Å². The highest BCUT2D eigenvalue weighted by Crippen LogP contribution is 2.20. The summed E-state index contributed by atoms with van der Waals surface area (Å²) >= 11 is 0. The van der Waals surface area contributed by atoms with Crippen molar-refractivity contribution in [3.63, 3.8) is 0 Å². The van der Waals surface area contributed by atoms with Crippen molar-refractivity contribution < 1.29 is 4.79 Å². The molecule has 90 valence electrons. The van der Waals surface area contributed by atoms with Crippen molar-refractivity contribution in [1.82, 2.24) is 4.90 Å². The van der Waals surface area contributed by atoms with Crippen LogP contribution in [0.15, 0.2) is 0 Å². The first kappa shape index (κ1) is 14.4. The van der Waals surface area contributed by atoms with Crippen molar-refractivity contribution in [2.24, 2.45) is 11.1 Å². The lowest BCUT2D eigenvalue weighted by Gasteiger charge is -2.34. The van der Waals surface area contributed by atoms with Crippen molar-refractivity contribution in [2.75, 3.05) is 6.54 Å². The highest BCUT2D eigenvalue weighted by molar-refractivity contribution is 5.82. The van der Waals surface area contributed by atoms with Gasteiger partial charge in [-0.2, -0.15) is 0 Å². The Labute approximate surface area is 94.0 Å². The van der Waals surface area contributed by atoms with Crippen LogP contribution in [0.1, 0.15) is 48.0 Å². The summed E-state index contributed by atoms with van der Waals surface area (Å²) in [4.78, 5) is 14.0. The largest absolute Gasteiger partial charge is 0.339 e. The summed E-state index contributed by atoms with van der Waals surface area (Å²) in [5.74, 6) is 0.0688. The summed E-state index contributed by atoms with van der Waals surface area (Å²) in [7, 11) is 0. The van der Waals surface area contributed by atoms with E-state index in [-0.39, 0.29) is 17.4 Å². The summed E-state index contributed by atoms with van der Waals surface area (Å²) in [6.45, 7) is 12.9. The van der Waals surface area contributed by atoms with Gasteiger partial charge in [0.05, 0.1) is 6.04 Å². The van der Waals surface area contributed by atoms with Gasteiger partial charge in [-0.05, 0) is 25.7 Å². The highest BCUT2D eigenvalue weighted by atomic mass is 16.2. The molecule has 1 amide bonds. The molecule has 0 unspecified atom stereocenters. The zero-order valence-electron chi connectivity index (χ0n) is 11.0. The maximum absolute atomic E-state index is 12.1. The topological polar surface area (TPSA) is 46.3 Å². The predicted octanol–water partition coefficient (Wildman–Crippen LogP) is 2.01. The lowest BCUT2D eigenvalue weighted by atomic mass is 9.86. The lowest BCUT2D eigenvalue weighted by molar-refractivity contribution is -0.136. The van der Waals surface area contributed by atoms with E-state index in [1.54, 1.807) is 0 Å². The van der Waals surface area contributed by atoms with Gasteiger partial charge in [0.25, 0.3) is 0 Å². The number of nitrogens with zero attached hydrogens (tertiary/aromatic N) is 1. The molecule has 3 nitrogen and oxygen atoms in total. The molecule has 2 N–H and O–H groups in total. The Hall–Kier alpha value is -0.570. The Morgan fingerprint density at radius 3 is 2.07 bits per heavy atom. The number of carbonyl (C=O) groups is 1. The van der Waals surface area contributed by atoms with Gasteiger partial charge < -0.3 is 10.6 Å². The maximum Gasteiger partial charge on any atom is 0.240 e. The molecule has 0 aromatic heterocycles. The first-order valence-corrected chi connectivity index (χ1v) is 5.77. The van der Waals surface area contributed by atoms with Gasteiger partial charge in [0.15, 0.2) is 0 Å². The van der Waals surface area contributed by atoms with Crippen molar-refractivity contribution in [3.8, 4) is 0 Å². The molecule has 0 fully saturated rings. The molecule has 0 aromatic carbocycles. The maximum atomic E-state index is 12.1. The third-order valence-corrected chi connectivity index (χ3v) is 2.57. The van der Waals surface area contributed by atoms with E-state index in [9.17, 15) is 4.79 Å². The van der Waals surface area contributed by atoms with Crippen molar-refractivity contribution in [2.45, 2.75) is 60.0 Å². The van der Waals surface area contributed by atoms with Crippen molar-refractivity contribution >= 4 is 5.91 Å². The second kappa shape index (κ2) is 5.50. The SMILES string of the molecule is CCCN(C(=O)[C@H](N)C(C)(C)C)C(C)C. The quantitative estimate of drug-likeness (QED) is 0.778. The molecule has 0 aromatic rings. The average molecular weight is 214 g/mol. The van der Waals surface area contributed by atoms with Crippen LogP contribution >= 0.6 is 0 Å². The van der Waals surface area contributed by atoms with Crippen LogP contribution in [0.25, 0.3) is 0 Å². The van der Waals surface area contributed by atoms with Gasteiger partial charge in [0.2, 0.25) is 5.91 Å². The smallest absolute Gasteiger partial charge is 0.240 e. The van der Waals surface area contributed by atoms with Gasteiger partial charge in [-0.1, -0.05) is 27.7 Å². The number of hydrogen-bond donors (Lipinski definition) is 1. The third kappa shape index (κ3) is 4.20. The fourth-order valence-corrected chi connectivity index (χ4v) is 1.41. The molecular weight excluding hydrogens is 188 g/mol. The molecule has 0 rings (SSSR count). The van der Waals surface area contributed by atoms with E-state index < -0.39 is 6.04 Å². The molecule has 15 heavy (non-hydrogen) atoms. The van der Waals surface area contributed by atoms with Crippen LogP contribution in [-0.2, 0) is 4.79 Å². The fourth-order valence-electron chi connectivity index (χ4n) is 1.41. The third-order valence-electron chi connectivity index (χ3n) is 2.57. The summed E-state index contributed by atoms with van der Waals surface area (Å²) in [6.07, 6.45) is 0.973. The zero-order chi connectivity index (χ0) is 12.2. The number of hydrogen-bond acceptors (Lipinski definition) is 2. The molecule has 0 saturated carbocycles. The molecule has 0 aliphatic carbocycles. The van der Waals surface area contributed by atoms with Gasteiger partial charge in [-0.25, -0.2) is 0 Å². The van der Waals surface area contributed by atoms with Crippen LogP contribution in [0.4, 0.5) is 0 Å². The number of nitrogens with two attached hydrogens (primary N) is 1. The molecular formula is C12H26N2O. The lowest BCUT2D eigenvalue weighted by Crippen LogP contribution is -2.52. The molecule has 0 aliphatic heterocycles. The van der Waals surface area contributed by atoms with Crippen LogP contribution in [0.3, 0.4) is 0 Å². The molecule has 0 bridgehead atoms. The van der Waals surface area contributed by atoms with Crippen LogP contribution in [0, 0.1) is 5.41 Å². The molecule has 0 saturated heterocycles. The summed E-state index contributed by atoms with van der Waals surface area (Å²) in [6, 6.07) is -0.183. The minimum absolute atomic E-state index is 0.0688. The van der Waals surface area contributed by atoms with E-state index in [0.717, 1.165) is 13.0 Å². The van der Waals surface area contributed by atoms with E-state index >= 15 is 0 Å². The zero-order valence-corrected chi connectivity index (χ0v) is 11.0. The molecule has 0 spiro atoms. The normalized spacial score (nSPS) is 14.1. The Bertz CT molecular complexity index is 206. The van der Waals surface area contributed by atoms with E-state index in [1.165, 1.54) is 0 Å². The van der Waals surface area contributed by atoms with Crippen molar-refractivity contribution in [1.29, 1.82) is 0 Å². The van der Waals surface area contributed by atoms with Crippen molar-refractivity contribution in [3.05, 3.63) is 0 Å². The van der Waals surface area contributed by atoms with Crippen LogP contribution in [0.2, 0.25) is 0 Å². The van der Waals surface area contributed by atoms with E-state index in [4.69, 9.17) is 5.73 Å². The van der Waals surface area contributed by atoms with E-state index in [1.807, 2.05) is 39.5 Å². The predicted molar refractivity (Wildman–Crippen MR) is 64.6 cm³/mol. The first-order chi connectivity index (χ1) is 6.71. The number of amides is 1. The van der Waals surface area contributed by atoms with E-state index in [2.05, 4.69) is 6.92 Å². The average Bonchev–Trinajstić information content (AvgIpc) is 2.09. The molecule has 3 heteroatoms. The minimum Gasteiger partial charge on any atom is -0.339 e. The van der Waals surface area contributed by atoms with Crippen LogP contribution in [-0.4, -0.2) is 29.4 Å². The Kier molecular flexibility index (Phi) is 5.29. The number of carbonyl (C=O) groups excluding carboxylic acids is 1. The molecule has 0 heterocycles. The molecule has 0 aliphatic rings. The van der Waals surface area contributed by atoms with Gasteiger partial charge in [0, 0.05) is 12.6 Å². The van der Waals surface area contributed by atoms with Gasteiger partial charge in [0.1, 0.15) is 0 Å². The van der Waals surface area contributed by atoms with Gasteiger partial charge in [-0.3, -0.25) is 4.79 Å². The van der Waals surface area contributed by atoms with E-state index in [0.29, 0.717) is 0 Å². The summed E-state index contributed by atoms with van der Waals surface area (Å²) in [5.41, 5.74) is 5.80.